The van der Waals surface area contributed by atoms with Crippen molar-refractivity contribution >= 4 is 57.6 Å². The van der Waals surface area contributed by atoms with E-state index in [1.54, 1.807) is 18.2 Å². The zero-order chi connectivity index (χ0) is 15.9. The number of hydrogen-bond acceptors (Lipinski definition) is 2. The molecule has 0 atom stereocenters. The van der Waals surface area contributed by atoms with Crippen LogP contribution in [0, 0.1) is 9.39 Å². The molecule has 2 N–H and O–H groups in total. The van der Waals surface area contributed by atoms with Crippen molar-refractivity contribution in [2.45, 2.75) is 0 Å². The summed E-state index contributed by atoms with van der Waals surface area (Å²) in [5, 5.41) is 5.68. The van der Waals surface area contributed by atoms with Crippen molar-refractivity contribution in [1.82, 2.24) is 5.32 Å². The van der Waals surface area contributed by atoms with E-state index in [0.29, 0.717) is 0 Å². The Labute approximate surface area is 146 Å². The zero-order valence-electron chi connectivity index (χ0n) is 11.3. The number of halogens is 2. The SMILES string of the molecule is O=C(/C=C/c1ccc(F)cc1)NC(=S)Nc1ccc(I)cc1. The Kier molecular flexibility index (Phi) is 6.02. The number of hydrogen-bond donors (Lipinski definition) is 2. The van der Waals surface area contributed by atoms with Gasteiger partial charge in [-0.1, -0.05) is 12.1 Å². The monoisotopic (exact) mass is 426 g/mol. The van der Waals surface area contributed by atoms with Crippen LogP contribution < -0.4 is 10.6 Å². The number of anilines is 1. The molecule has 1 amide bonds. The molecule has 0 spiro atoms. The molecule has 0 bridgehead atoms. The molecular weight excluding hydrogens is 414 g/mol. The fraction of sp³-hybridized carbons (Fsp3) is 0. The Hall–Kier alpha value is -1.80. The number of benzene rings is 2. The van der Waals surface area contributed by atoms with Gasteiger partial charge in [0.25, 0.3) is 0 Å². The third-order valence-corrected chi connectivity index (χ3v) is 3.56. The van der Waals surface area contributed by atoms with Crippen molar-refractivity contribution in [3.63, 3.8) is 0 Å². The molecule has 0 unspecified atom stereocenters. The fourth-order valence-corrected chi connectivity index (χ4v) is 2.17. The highest BCUT2D eigenvalue weighted by Gasteiger charge is 2.01. The molecule has 0 fully saturated rings. The van der Waals surface area contributed by atoms with Gasteiger partial charge in [0.2, 0.25) is 5.91 Å². The maximum Gasteiger partial charge on any atom is 0.250 e. The van der Waals surface area contributed by atoms with Gasteiger partial charge in [0.05, 0.1) is 0 Å². The summed E-state index contributed by atoms with van der Waals surface area (Å²) in [6.07, 6.45) is 2.93. The number of amides is 1. The van der Waals surface area contributed by atoms with Crippen LogP contribution in [0.3, 0.4) is 0 Å². The maximum atomic E-state index is 12.8. The molecule has 0 radical (unpaired) electrons. The van der Waals surface area contributed by atoms with Crippen LogP contribution in [0.4, 0.5) is 10.1 Å². The fourth-order valence-electron chi connectivity index (χ4n) is 1.59. The average molecular weight is 426 g/mol. The minimum absolute atomic E-state index is 0.218. The topological polar surface area (TPSA) is 41.1 Å². The largest absolute Gasteiger partial charge is 0.332 e. The first-order valence-corrected chi connectivity index (χ1v) is 7.83. The summed E-state index contributed by atoms with van der Waals surface area (Å²) >= 11 is 7.27. The van der Waals surface area contributed by atoms with E-state index in [1.165, 1.54) is 18.2 Å². The van der Waals surface area contributed by atoms with Gasteiger partial charge in [-0.15, -0.1) is 0 Å². The summed E-state index contributed by atoms with van der Waals surface area (Å²) in [4.78, 5) is 11.7. The summed E-state index contributed by atoms with van der Waals surface area (Å²) in [5.41, 5.74) is 1.53. The number of nitrogens with one attached hydrogen (secondary N) is 2. The molecular formula is C16H12FIN2OS. The lowest BCUT2D eigenvalue weighted by Crippen LogP contribution is -2.32. The first-order chi connectivity index (χ1) is 10.5. The van der Waals surface area contributed by atoms with Crippen molar-refractivity contribution in [2.24, 2.45) is 0 Å². The molecule has 2 aromatic rings. The highest BCUT2D eigenvalue weighted by Crippen LogP contribution is 2.10. The Morgan fingerprint density at radius 3 is 2.36 bits per heavy atom. The van der Waals surface area contributed by atoms with Crippen LogP contribution in [0.2, 0.25) is 0 Å². The van der Waals surface area contributed by atoms with Gasteiger partial charge in [0.1, 0.15) is 5.82 Å². The number of thiocarbonyl (C=S) groups is 1. The zero-order valence-corrected chi connectivity index (χ0v) is 14.3. The summed E-state index contributed by atoms with van der Waals surface area (Å²) in [6.45, 7) is 0. The third kappa shape index (κ3) is 5.53. The first-order valence-electron chi connectivity index (χ1n) is 6.34. The van der Waals surface area contributed by atoms with Gasteiger partial charge >= 0.3 is 0 Å². The van der Waals surface area contributed by atoms with Crippen molar-refractivity contribution in [3.8, 4) is 0 Å². The van der Waals surface area contributed by atoms with Gasteiger partial charge in [-0.05, 0) is 82.8 Å². The Morgan fingerprint density at radius 1 is 1.09 bits per heavy atom. The Balaban J connectivity index is 1.87. The summed E-state index contributed by atoms with van der Waals surface area (Å²) in [6, 6.07) is 13.4. The van der Waals surface area contributed by atoms with Gasteiger partial charge in [-0.2, -0.15) is 0 Å². The van der Waals surface area contributed by atoms with E-state index in [2.05, 4.69) is 33.2 Å². The van der Waals surface area contributed by atoms with E-state index >= 15 is 0 Å². The Morgan fingerprint density at radius 2 is 1.73 bits per heavy atom. The first kappa shape index (κ1) is 16.6. The minimum atomic E-state index is -0.354. The maximum absolute atomic E-state index is 12.8. The third-order valence-electron chi connectivity index (χ3n) is 2.64. The molecule has 112 valence electrons. The molecule has 0 aliphatic rings. The molecule has 6 heteroatoms. The van der Waals surface area contributed by atoms with E-state index in [0.717, 1.165) is 14.8 Å². The Bertz CT molecular complexity index is 699. The van der Waals surface area contributed by atoms with E-state index in [-0.39, 0.29) is 16.8 Å². The van der Waals surface area contributed by atoms with Gasteiger partial charge < -0.3 is 5.32 Å². The lowest BCUT2D eigenvalue weighted by Gasteiger charge is -2.07. The van der Waals surface area contributed by atoms with Gasteiger partial charge in [-0.25, -0.2) is 4.39 Å². The molecule has 22 heavy (non-hydrogen) atoms. The van der Waals surface area contributed by atoms with E-state index in [9.17, 15) is 9.18 Å². The van der Waals surface area contributed by atoms with Crippen LogP contribution in [0.1, 0.15) is 5.56 Å². The molecule has 0 aromatic heterocycles. The quantitative estimate of drug-likeness (QED) is 0.444. The molecule has 0 heterocycles. The van der Waals surface area contributed by atoms with Crippen LogP contribution >= 0.6 is 34.8 Å². The van der Waals surface area contributed by atoms with E-state index in [1.807, 2.05) is 24.3 Å². The smallest absolute Gasteiger partial charge is 0.250 e. The summed E-state index contributed by atoms with van der Waals surface area (Å²) in [5.74, 6) is -0.670. The average Bonchev–Trinajstić information content (AvgIpc) is 2.49. The van der Waals surface area contributed by atoms with E-state index < -0.39 is 0 Å². The second-order valence-electron chi connectivity index (χ2n) is 4.34. The van der Waals surface area contributed by atoms with Crippen molar-refractivity contribution < 1.29 is 9.18 Å². The van der Waals surface area contributed by atoms with Gasteiger partial charge in [-0.3, -0.25) is 10.1 Å². The molecule has 0 aliphatic carbocycles. The molecule has 0 saturated heterocycles. The van der Waals surface area contributed by atoms with Crippen LogP contribution in [0.5, 0.6) is 0 Å². The standard InChI is InChI=1S/C16H12FIN2OS/c17-12-4-1-11(2-5-12)3-10-15(21)20-16(22)19-14-8-6-13(18)7-9-14/h1-10H,(H2,19,20,21,22)/b10-3+. The van der Waals surface area contributed by atoms with Crippen molar-refractivity contribution in [2.75, 3.05) is 5.32 Å². The normalized spacial score (nSPS) is 10.5. The second-order valence-corrected chi connectivity index (χ2v) is 5.99. The van der Waals surface area contributed by atoms with Crippen LogP contribution in [0.15, 0.2) is 54.6 Å². The van der Waals surface area contributed by atoms with E-state index in [4.69, 9.17) is 12.2 Å². The highest BCUT2D eigenvalue weighted by molar-refractivity contribution is 14.1. The lowest BCUT2D eigenvalue weighted by molar-refractivity contribution is -0.115. The number of rotatable bonds is 3. The predicted octanol–water partition coefficient (Wildman–Crippen LogP) is 3.96. The molecule has 3 nitrogen and oxygen atoms in total. The lowest BCUT2D eigenvalue weighted by atomic mass is 10.2. The summed E-state index contributed by atoms with van der Waals surface area (Å²) < 4.78 is 13.9. The van der Waals surface area contributed by atoms with Gasteiger partial charge in [0, 0.05) is 15.3 Å². The molecule has 2 rings (SSSR count). The minimum Gasteiger partial charge on any atom is -0.332 e. The molecule has 0 saturated carbocycles. The summed E-state index contributed by atoms with van der Waals surface area (Å²) in [7, 11) is 0. The van der Waals surface area contributed by atoms with Crippen molar-refractivity contribution in [3.05, 3.63) is 69.6 Å². The molecule has 2 aromatic carbocycles. The van der Waals surface area contributed by atoms with Crippen molar-refractivity contribution in [1.29, 1.82) is 0 Å². The van der Waals surface area contributed by atoms with Crippen LogP contribution in [-0.2, 0) is 4.79 Å². The van der Waals surface area contributed by atoms with Crippen LogP contribution in [-0.4, -0.2) is 11.0 Å². The molecule has 0 aliphatic heterocycles. The predicted molar refractivity (Wildman–Crippen MR) is 99.0 cm³/mol. The number of carbonyl (C=O) groups excluding carboxylic acids is 1. The highest BCUT2D eigenvalue weighted by atomic mass is 127. The van der Waals surface area contributed by atoms with Gasteiger partial charge in [0.15, 0.2) is 5.11 Å². The number of carbonyl (C=O) groups is 1. The second kappa shape index (κ2) is 8.00. The van der Waals surface area contributed by atoms with Crippen LogP contribution in [0.25, 0.3) is 6.08 Å².